The third-order valence-corrected chi connectivity index (χ3v) is 1.85. The molecule has 0 radical (unpaired) electrons. The number of benzene rings is 2. The topological polar surface area (TPSA) is 9.23 Å². The summed E-state index contributed by atoms with van der Waals surface area (Å²) in [6.07, 6.45) is 0.266. The first kappa shape index (κ1) is 13.2. The molecule has 0 atom stereocenters. The van der Waals surface area contributed by atoms with Crippen LogP contribution < -0.4 is 4.74 Å². The highest BCUT2D eigenvalue weighted by Gasteiger charge is 1.92. The lowest BCUT2D eigenvalue weighted by atomic mass is 10.3. The Balaban J connectivity index is 0.000000181. The van der Waals surface area contributed by atoms with Crippen LogP contribution in [0.3, 0.4) is 0 Å². The zero-order valence-corrected chi connectivity index (χ0v) is 10.1. The van der Waals surface area contributed by atoms with Crippen LogP contribution in [0.5, 0.6) is 5.75 Å². The van der Waals surface area contributed by atoms with E-state index >= 15 is 0 Å². The second-order valence-electron chi connectivity index (χ2n) is 3.78. The molecule has 0 aliphatic carbocycles. The molecule has 2 aromatic carbocycles. The first-order chi connectivity index (χ1) is 8.18. The highest BCUT2D eigenvalue weighted by Crippen LogP contribution is 2.09. The van der Waals surface area contributed by atoms with Gasteiger partial charge < -0.3 is 4.74 Å². The third-order valence-electron chi connectivity index (χ3n) is 1.85. The molecule has 2 aromatic rings. The quantitative estimate of drug-likeness (QED) is 0.750. The molecule has 0 unspecified atom stereocenters. The Morgan fingerprint density at radius 1 is 0.824 bits per heavy atom. The van der Waals surface area contributed by atoms with Crippen LogP contribution in [0.4, 0.5) is 4.39 Å². The lowest BCUT2D eigenvalue weighted by molar-refractivity contribution is 0.242. The van der Waals surface area contributed by atoms with Crippen molar-refractivity contribution < 1.29 is 9.13 Å². The molecule has 0 fully saturated rings. The zero-order chi connectivity index (χ0) is 12.5. The van der Waals surface area contributed by atoms with E-state index in [1.807, 2.05) is 44.2 Å². The Bertz CT molecular complexity index is 398. The predicted octanol–water partition coefficient (Wildman–Crippen LogP) is 4.30. The van der Waals surface area contributed by atoms with Crippen molar-refractivity contribution in [1.82, 2.24) is 0 Å². The maximum Gasteiger partial charge on any atom is 0.123 e. The second-order valence-corrected chi connectivity index (χ2v) is 3.78. The van der Waals surface area contributed by atoms with Crippen LogP contribution in [0.25, 0.3) is 0 Å². The fourth-order valence-corrected chi connectivity index (χ4v) is 1.19. The summed E-state index contributed by atoms with van der Waals surface area (Å²) in [4.78, 5) is 0. The van der Waals surface area contributed by atoms with Gasteiger partial charge in [-0.2, -0.15) is 0 Å². The zero-order valence-electron chi connectivity index (χ0n) is 10.1. The molecular formula is C15H17FO. The monoisotopic (exact) mass is 232 g/mol. The fraction of sp³-hybridized carbons (Fsp3) is 0.200. The standard InChI is InChI=1S/C9H12O.C6H5F/c1-8(2)10-9-6-4-3-5-7-9;7-6-4-2-1-3-5-6/h3-8H,1-2H3;1-5H. The van der Waals surface area contributed by atoms with Gasteiger partial charge in [0.25, 0.3) is 0 Å². The molecule has 0 saturated carbocycles. The molecule has 90 valence electrons. The lowest BCUT2D eigenvalue weighted by Gasteiger charge is -2.07. The summed E-state index contributed by atoms with van der Waals surface area (Å²) < 4.78 is 17.3. The normalized spacial score (nSPS) is 9.41. The molecule has 0 bridgehead atoms. The van der Waals surface area contributed by atoms with Crippen LogP contribution >= 0.6 is 0 Å². The largest absolute Gasteiger partial charge is 0.491 e. The Labute approximate surface area is 102 Å². The van der Waals surface area contributed by atoms with Gasteiger partial charge in [-0.3, -0.25) is 0 Å². The van der Waals surface area contributed by atoms with Gasteiger partial charge in [0.05, 0.1) is 6.10 Å². The van der Waals surface area contributed by atoms with Crippen molar-refractivity contribution in [3.63, 3.8) is 0 Å². The molecule has 2 rings (SSSR count). The van der Waals surface area contributed by atoms with Crippen molar-refractivity contribution in [2.75, 3.05) is 0 Å². The second kappa shape index (κ2) is 7.44. The summed E-state index contributed by atoms with van der Waals surface area (Å²) in [5.74, 6) is 0.764. The van der Waals surface area contributed by atoms with E-state index in [2.05, 4.69) is 0 Å². The molecule has 1 nitrogen and oxygen atoms in total. The van der Waals surface area contributed by atoms with Crippen LogP contribution in [-0.4, -0.2) is 6.10 Å². The van der Waals surface area contributed by atoms with Crippen molar-refractivity contribution in [3.05, 3.63) is 66.5 Å². The van der Waals surface area contributed by atoms with E-state index in [-0.39, 0.29) is 11.9 Å². The Hall–Kier alpha value is -1.83. The van der Waals surface area contributed by atoms with Gasteiger partial charge in [-0.15, -0.1) is 0 Å². The van der Waals surface area contributed by atoms with E-state index in [9.17, 15) is 4.39 Å². The van der Waals surface area contributed by atoms with Gasteiger partial charge in [-0.05, 0) is 38.1 Å². The van der Waals surface area contributed by atoms with E-state index in [0.29, 0.717) is 0 Å². The van der Waals surface area contributed by atoms with Crippen molar-refractivity contribution in [2.45, 2.75) is 20.0 Å². The molecule has 0 aliphatic heterocycles. The highest BCUT2D eigenvalue weighted by atomic mass is 19.1. The van der Waals surface area contributed by atoms with Crippen LogP contribution in [0.1, 0.15) is 13.8 Å². The molecule has 0 spiro atoms. The average molecular weight is 232 g/mol. The highest BCUT2D eigenvalue weighted by molar-refractivity contribution is 5.21. The van der Waals surface area contributed by atoms with E-state index in [1.165, 1.54) is 12.1 Å². The van der Waals surface area contributed by atoms with Crippen molar-refractivity contribution in [1.29, 1.82) is 0 Å². The maximum atomic E-state index is 11.9. The average Bonchev–Trinajstić information content (AvgIpc) is 2.31. The number of halogens is 1. The summed E-state index contributed by atoms with van der Waals surface area (Å²) in [7, 11) is 0. The minimum absolute atomic E-state index is 0.178. The molecule has 0 amide bonds. The van der Waals surface area contributed by atoms with Crippen LogP contribution in [0.15, 0.2) is 60.7 Å². The number of para-hydroxylation sites is 1. The van der Waals surface area contributed by atoms with E-state index in [0.717, 1.165) is 5.75 Å². The number of ether oxygens (including phenoxy) is 1. The summed E-state index contributed by atoms with van der Waals surface area (Å²) in [5.41, 5.74) is 0. The molecular weight excluding hydrogens is 215 g/mol. The summed E-state index contributed by atoms with van der Waals surface area (Å²) in [6.45, 7) is 4.04. The van der Waals surface area contributed by atoms with Gasteiger partial charge in [-0.25, -0.2) is 4.39 Å². The summed E-state index contributed by atoms with van der Waals surface area (Å²) >= 11 is 0. The van der Waals surface area contributed by atoms with Crippen LogP contribution in [0, 0.1) is 5.82 Å². The first-order valence-corrected chi connectivity index (χ1v) is 5.60. The number of hydrogen-bond donors (Lipinski definition) is 0. The smallest absolute Gasteiger partial charge is 0.123 e. The lowest BCUT2D eigenvalue weighted by Crippen LogP contribution is -2.04. The third kappa shape index (κ3) is 6.36. The van der Waals surface area contributed by atoms with Gasteiger partial charge in [0, 0.05) is 0 Å². The van der Waals surface area contributed by atoms with E-state index in [1.54, 1.807) is 18.2 Å². The van der Waals surface area contributed by atoms with Crippen molar-refractivity contribution in [3.8, 4) is 5.75 Å². The van der Waals surface area contributed by atoms with Crippen molar-refractivity contribution in [2.24, 2.45) is 0 Å². The maximum absolute atomic E-state index is 11.9. The number of hydrogen-bond acceptors (Lipinski definition) is 1. The summed E-state index contributed by atoms with van der Waals surface area (Å²) in [6, 6.07) is 17.8. The van der Waals surface area contributed by atoms with Gasteiger partial charge >= 0.3 is 0 Å². The molecule has 0 aromatic heterocycles. The molecule has 0 heterocycles. The van der Waals surface area contributed by atoms with Crippen molar-refractivity contribution >= 4 is 0 Å². The molecule has 0 N–H and O–H groups in total. The molecule has 0 aliphatic rings. The first-order valence-electron chi connectivity index (χ1n) is 5.60. The Morgan fingerprint density at radius 2 is 1.29 bits per heavy atom. The van der Waals surface area contributed by atoms with Gasteiger partial charge in [0.2, 0.25) is 0 Å². The van der Waals surface area contributed by atoms with Crippen LogP contribution in [-0.2, 0) is 0 Å². The minimum atomic E-state index is -0.178. The van der Waals surface area contributed by atoms with E-state index < -0.39 is 0 Å². The van der Waals surface area contributed by atoms with E-state index in [4.69, 9.17) is 4.74 Å². The molecule has 17 heavy (non-hydrogen) atoms. The Kier molecular flexibility index (Phi) is 5.80. The van der Waals surface area contributed by atoms with Gasteiger partial charge in [0.1, 0.15) is 11.6 Å². The fourth-order valence-electron chi connectivity index (χ4n) is 1.19. The molecule has 0 saturated heterocycles. The van der Waals surface area contributed by atoms with Gasteiger partial charge in [-0.1, -0.05) is 36.4 Å². The van der Waals surface area contributed by atoms with Gasteiger partial charge in [0.15, 0.2) is 0 Å². The number of rotatable bonds is 2. The predicted molar refractivity (Wildman–Crippen MR) is 68.6 cm³/mol. The molecule has 2 heteroatoms. The summed E-state index contributed by atoms with van der Waals surface area (Å²) in [5, 5.41) is 0. The van der Waals surface area contributed by atoms with Crippen LogP contribution in [0.2, 0.25) is 0 Å². The SMILES string of the molecule is CC(C)Oc1ccccc1.Fc1ccccc1. The minimum Gasteiger partial charge on any atom is -0.491 e. The Morgan fingerprint density at radius 3 is 1.65 bits per heavy atom.